The Balaban J connectivity index is 3.91. The summed E-state index contributed by atoms with van der Waals surface area (Å²) in [6.07, 6.45) is 3.30. The molecule has 0 aromatic carbocycles. The van der Waals surface area contributed by atoms with Crippen molar-refractivity contribution in [2.45, 2.75) is 58.9 Å². The van der Waals surface area contributed by atoms with Crippen LogP contribution < -0.4 is 5.32 Å². The Morgan fingerprint density at radius 3 is 2.31 bits per heavy atom. The van der Waals surface area contributed by atoms with Crippen molar-refractivity contribution in [2.75, 3.05) is 0 Å². The van der Waals surface area contributed by atoms with E-state index in [4.69, 9.17) is 5.11 Å². The first kappa shape index (κ1) is 14.9. The third-order valence-corrected chi connectivity index (χ3v) is 2.55. The number of hydrogen-bond acceptors (Lipinski definition) is 2. The SMILES string of the molecule is CCCC(CC)NC(=O)CC(C)CC(=O)O. The molecule has 0 heterocycles. The Labute approximate surface area is 97.4 Å². The van der Waals surface area contributed by atoms with Gasteiger partial charge in [0.05, 0.1) is 0 Å². The minimum atomic E-state index is -0.846. The van der Waals surface area contributed by atoms with Gasteiger partial charge in [0.1, 0.15) is 0 Å². The van der Waals surface area contributed by atoms with Crippen LogP contribution in [0.15, 0.2) is 0 Å². The highest BCUT2D eigenvalue weighted by Gasteiger charge is 2.14. The van der Waals surface area contributed by atoms with Gasteiger partial charge in [-0.15, -0.1) is 0 Å². The van der Waals surface area contributed by atoms with E-state index in [2.05, 4.69) is 12.2 Å². The summed E-state index contributed by atoms with van der Waals surface area (Å²) in [5, 5.41) is 11.5. The van der Waals surface area contributed by atoms with E-state index < -0.39 is 5.97 Å². The Kier molecular flexibility index (Phi) is 7.60. The van der Waals surface area contributed by atoms with Crippen LogP contribution in [0.1, 0.15) is 52.9 Å². The van der Waals surface area contributed by atoms with Gasteiger partial charge in [0, 0.05) is 18.9 Å². The fourth-order valence-corrected chi connectivity index (χ4v) is 1.70. The third kappa shape index (κ3) is 7.26. The monoisotopic (exact) mass is 229 g/mol. The molecule has 0 spiro atoms. The summed E-state index contributed by atoms with van der Waals surface area (Å²) in [5.41, 5.74) is 0. The molecule has 2 unspecified atom stereocenters. The number of nitrogens with one attached hydrogen (secondary N) is 1. The Hall–Kier alpha value is -1.06. The molecule has 0 saturated heterocycles. The molecule has 0 radical (unpaired) electrons. The highest BCUT2D eigenvalue weighted by Crippen LogP contribution is 2.08. The van der Waals surface area contributed by atoms with Crippen molar-refractivity contribution in [3.05, 3.63) is 0 Å². The molecule has 0 aliphatic rings. The third-order valence-electron chi connectivity index (χ3n) is 2.55. The minimum Gasteiger partial charge on any atom is -0.481 e. The minimum absolute atomic E-state index is 0.0333. The van der Waals surface area contributed by atoms with E-state index in [0.29, 0.717) is 6.42 Å². The number of aliphatic carboxylic acids is 1. The standard InChI is InChI=1S/C12H23NO3/c1-4-6-10(5-2)13-11(14)7-9(3)8-12(15)16/h9-10H,4-8H2,1-3H3,(H,13,14)(H,15,16). The maximum atomic E-state index is 11.6. The lowest BCUT2D eigenvalue weighted by Gasteiger charge is -2.17. The molecule has 2 N–H and O–H groups in total. The quantitative estimate of drug-likeness (QED) is 0.670. The normalized spacial score (nSPS) is 14.2. The number of carbonyl (C=O) groups is 2. The summed E-state index contributed by atoms with van der Waals surface area (Å²) in [6, 6.07) is 0.231. The van der Waals surface area contributed by atoms with Gasteiger partial charge in [-0.25, -0.2) is 0 Å². The van der Waals surface area contributed by atoms with E-state index in [1.54, 1.807) is 6.92 Å². The molecule has 0 aromatic rings. The summed E-state index contributed by atoms with van der Waals surface area (Å²) in [5.74, 6) is -0.980. The molecule has 1 amide bonds. The van der Waals surface area contributed by atoms with Gasteiger partial charge in [-0.05, 0) is 18.8 Å². The average molecular weight is 229 g/mol. The Bertz CT molecular complexity index is 228. The van der Waals surface area contributed by atoms with Gasteiger partial charge in [0.2, 0.25) is 5.91 Å². The van der Waals surface area contributed by atoms with Gasteiger partial charge in [-0.1, -0.05) is 27.2 Å². The zero-order valence-electron chi connectivity index (χ0n) is 10.5. The van der Waals surface area contributed by atoms with Crippen molar-refractivity contribution in [1.82, 2.24) is 5.32 Å². The molecule has 0 fully saturated rings. The van der Waals surface area contributed by atoms with Gasteiger partial charge in [-0.3, -0.25) is 9.59 Å². The van der Waals surface area contributed by atoms with Crippen molar-refractivity contribution in [3.8, 4) is 0 Å². The molecule has 0 aliphatic heterocycles. The summed E-state index contributed by atoms with van der Waals surface area (Å²) in [4.78, 5) is 22.0. The maximum Gasteiger partial charge on any atom is 0.303 e. The van der Waals surface area contributed by atoms with E-state index in [-0.39, 0.29) is 24.3 Å². The highest BCUT2D eigenvalue weighted by molar-refractivity contribution is 5.77. The molecular formula is C12H23NO3. The molecule has 4 heteroatoms. The first-order valence-corrected chi connectivity index (χ1v) is 6.00. The van der Waals surface area contributed by atoms with Gasteiger partial charge in [0.25, 0.3) is 0 Å². The topological polar surface area (TPSA) is 66.4 Å². The lowest BCUT2D eigenvalue weighted by molar-refractivity contribution is -0.138. The zero-order chi connectivity index (χ0) is 12.6. The number of amides is 1. The van der Waals surface area contributed by atoms with E-state index in [0.717, 1.165) is 19.3 Å². The molecule has 0 rings (SSSR count). The van der Waals surface area contributed by atoms with Gasteiger partial charge in [0.15, 0.2) is 0 Å². The Morgan fingerprint density at radius 2 is 1.88 bits per heavy atom. The smallest absolute Gasteiger partial charge is 0.303 e. The van der Waals surface area contributed by atoms with E-state index in [9.17, 15) is 9.59 Å². The molecule has 0 saturated carbocycles. The van der Waals surface area contributed by atoms with Crippen LogP contribution in [0.3, 0.4) is 0 Å². The number of carboxylic acids is 1. The number of carbonyl (C=O) groups excluding carboxylic acids is 1. The summed E-state index contributed by atoms with van der Waals surface area (Å²) < 4.78 is 0. The lowest BCUT2D eigenvalue weighted by Crippen LogP contribution is -2.35. The van der Waals surface area contributed by atoms with Crippen LogP contribution in [0.25, 0.3) is 0 Å². The van der Waals surface area contributed by atoms with E-state index >= 15 is 0 Å². The van der Waals surface area contributed by atoms with E-state index in [1.165, 1.54) is 0 Å². The second-order valence-electron chi connectivity index (χ2n) is 4.37. The number of hydrogen-bond donors (Lipinski definition) is 2. The van der Waals surface area contributed by atoms with Crippen molar-refractivity contribution in [1.29, 1.82) is 0 Å². The van der Waals surface area contributed by atoms with Crippen LogP contribution in [0.2, 0.25) is 0 Å². The molecule has 0 bridgehead atoms. The second kappa shape index (κ2) is 8.13. The molecule has 94 valence electrons. The van der Waals surface area contributed by atoms with Crippen molar-refractivity contribution in [2.24, 2.45) is 5.92 Å². The van der Waals surface area contributed by atoms with Gasteiger partial charge >= 0.3 is 5.97 Å². The average Bonchev–Trinajstić information content (AvgIpc) is 2.15. The predicted molar refractivity (Wildman–Crippen MR) is 63.2 cm³/mol. The number of rotatable bonds is 8. The van der Waals surface area contributed by atoms with Crippen LogP contribution in [0.4, 0.5) is 0 Å². The highest BCUT2D eigenvalue weighted by atomic mass is 16.4. The zero-order valence-corrected chi connectivity index (χ0v) is 10.5. The molecule has 4 nitrogen and oxygen atoms in total. The maximum absolute atomic E-state index is 11.6. The van der Waals surface area contributed by atoms with Crippen LogP contribution in [-0.4, -0.2) is 23.0 Å². The van der Waals surface area contributed by atoms with Crippen LogP contribution in [0.5, 0.6) is 0 Å². The first-order valence-electron chi connectivity index (χ1n) is 6.00. The predicted octanol–water partition coefficient (Wildman–Crippen LogP) is 2.18. The van der Waals surface area contributed by atoms with Crippen molar-refractivity contribution >= 4 is 11.9 Å². The fourth-order valence-electron chi connectivity index (χ4n) is 1.70. The molecule has 0 aromatic heterocycles. The van der Waals surface area contributed by atoms with Crippen LogP contribution in [-0.2, 0) is 9.59 Å². The van der Waals surface area contributed by atoms with Gasteiger partial charge < -0.3 is 10.4 Å². The second-order valence-corrected chi connectivity index (χ2v) is 4.37. The molecule has 0 aliphatic carbocycles. The molecule has 2 atom stereocenters. The Morgan fingerprint density at radius 1 is 1.25 bits per heavy atom. The van der Waals surface area contributed by atoms with Crippen LogP contribution in [0, 0.1) is 5.92 Å². The first-order chi connectivity index (χ1) is 7.49. The lowest BCUT2D eigenvalue weighted by atomic mass is 10.0. The largest absolute Gasteiger partial charge is 0.481 e. The molecule has 16 heavy (non-hydrogen) atoms. The summed E-state index contributed by atoms with van der Waals surface area (Å²) in [7, 11) is 0. The fraction of sp³-hybridized carbons (Fsp3) is 0.833. The van der Waals surface area contributed by atoms with Crippen molar-refractivity contribution in [3.63, 3.8) is 0 Å². The van der Waals surface area contributed by atoms with Crippen LogP contribution >= 0.6 is 0 Å². The van der Waals surface area contributed by atoms with E-state index in [1.807, 2.05) is 6.92 Å². The number of carboxylic acid groups (broad SMARTS) is 1. The molecular weight excluding hydrogens is 206 g/mol. The van der Waals surface area contributed by atoms with Crippen molar-refractivity contribution < 1.29 is 14.7 Å². The van der Waals surface area contributed by atoms with Gasteiger partial charge in [-0.2, -0.15) is 0 Å². The summed E-state index contributed by atoms with van der Waals surface area (Å²) >= 11 is 0. The summed E-state index contributed by atoms with van der Waals surface area (Å²) in [6.45, 7) is 5.91.